The molecule has 6 nitrogen and oxygen atoms in total. The van der Waals surface area contributed by atoms with Gasteiger partial charge in [-0.2, -0.15) is 5.10 Å². The predicted molar refractivity (Wildman–Crippen MR) is 90.3 cm³/mol. The molecule has 1 aliphatic carbocycles. The van der Waals surface area contributed by atoms with Gasteiger partial charge in [0, 0.05) is 5.56 Å². The summed E-state index contributed by atoms with van der Waals surface area (Å²) in [4.78, 5) is 8.27. The molecule has 0 amide bonds. The number of hydrogen-bond donors (Lipinski definition) is 1. The zero-order valence-electron chi connectivity index (χ0n) is 13.7. The van der Waals surface area contributed by atoms with Crippen LogP contribution in [0, 0.1) is 6.92 Å². The summed E-state index contributed by atoms with van der Waals surface area (Å²) < 4.78 is 13.1. The lowest BCUT2D eigenvalue weighted by atomic mass is 9.96. The lowest BCUT2D eigenvalue weighted by molar-refractivity contribution is 0.174. The smallest absolute Gasteiger partial charge is 0.231 e. The molecule has 5 rings (SSSR count). The Bertz CT molecular complexity index is 905. The van der Waals surface area contributed by atoms with E-state index in [-0.39, 0.29) is 6.79 Å². The van der Waals surface area contributed by atoms with E-state index in [4.69, 9.17) is 14.5 Å². The summed E-state index contributed by atoms with van der Waals surface area (Å²) in [5.41, 5.74) is 4.11. The maximum Gasteiger partial charge on any atom is 0.231 e. The monoisotopic (exact) mass is 324 g/mol. The first kappa shape index (κ1) is 13.9. The number of nitrogens with zero attached hydrogens (tertiary/aromatic N) is 3. The van der Waals surface area contributed by atoms with E-state index < -0.39 is 0 Å². The molecule has 2 aliphatic rings. The number of fused-ring (bicyclic) bond motifs is 2. The van der Waals surface area contributed by atoms with Crippen molar-refractivity contribution in [3.8, 4) is 22.9 Å². The minimum absolute atomic E-state index is 0.287. The molecule has 1 saturated carbocycles. The second-order valence-corrected chi connectivity index (χ2v) is 6.72. The van der Waals surface area contributed by atoms with Crippen LogP contribution >= 0.6 is 0 Å². The van der Waals surface area contributed by atoms with E-state index in [2.05, 4.69) is 21.7 Å². The molecule has 1 fully saturated rings. The fourth-order valence-electron chi connectivity index (χ4n) is 3.84. The van der Waals surface area contributed by atoms with Crippen LogP contribution in [0.25, 0.3) is 22.6 Å². The average Bonchev–Trinajstić information content (AvgIpc) is 3.29. The lowest BCUT2D eigenvalue weighted by Crippen LogP contribution is -2.14. The Kier molecular flexibility index (Phi) is 3.04. The number of benzene rings is 1. The van der Waals surface area contributed by atoms with Crippen LogP contribution in [0.4, 0.5) is 0 Å². The molecule has 0 radical (unpaired) electrons. The Morgan fingerprint density at radius 1 is 1.12 bits per heavy atom. The number of ether oxygens (including phenoxy) is 2. The molecule has 124 valence electrons. The first-order chi connectivity index (χ1) is 11.8. The molecular weight excluding hydrogens is 304 g/mol. The molecule has 0 bridgehead atoms. The van der Waals surface area contributed by atoms with E-state index in [1.165, 1.54) is 32.1 Å². The summed E-state index contributed by atoms with van der Waals surface area (Å²) in [6, 6.07) is 4.50. The Hall–Kier alpha value is -2.50. The minimum atomic E-state index is 0.287. The normalized spacial score (nSPS) is 17.7. The van der Waals surface area contributed by atoms with Crippen molar-refractivity contribution in [1.82, 2.24) is 19.7 Å². The summed E-state index contributed by atoms with van der Waals surface area (Å²) in [6.45, 7) is 2.35. The summed E-state index contributed by atoms with van der Waals surface area (Å²) in [7, 11) is 0. The van der Waals surface area contributed by atoms with Crippen LogP contribution in [0.1, 0.15) is 43.7 Å². The number of H-pyrrole nitrogens is 1. The van der Waals surface area contributed by atoms with Crippen LogP contribution in [-0.2, 0) is 0 Å². The fraction of sp³-hybridized carbons (Fsp3) is 0.444. The summed E-state index contributed by atoms with van der Waals surface area (Å²) in [6.07, 6.45) is 8.19. The highest BCUT2D eigenvalue weighted by atomic mass is 16.7. The third kappa shape index (κ3) is 2.09. The van der Waals surface area contributed by atoms with Crippen molar-refractivity contribution >= 4 is 11.2 Å². The number of aromatic nitrogens is 4. The van der Waals surface area contributed by atoms with Crippen molar-refractivity contribution in [2.24, 2.45) is 0 Å². The number of nitrogens with one attached hydrogen (secondary N) is 1. The Morgan fingerprint density at radius 3 is 2.75 bits per heavy atom. The van der Waals surface area contributed by atoms with E-state index >= 15 is 0 Å². The highest BCUT2D eigenvalue weighted by Gasteiger charge is 2.22. The molecule has 1 aromatic carbocycles. The second kappa shape index (κ2) is 5.26. The molecule has 1 N–H and O–H groups in total. The molecule has 3 heterocycles. The van der Waals surface area contributed by atoms with Crippen LogP contribution in [0.15, 0.2) is 18.3 Å². The zero-order valence-corrected chi connectivity index (χ0v) is 13.7. The van der Waals surface area contributed by atoms with Gasteiger partial charge in [0.2, 0.25) is 6.79 Å². The SMILES string of the molecule is Cc1cc2c(cc1-c1nc3c(cnn3C3CCCCC3)[nH]1)OCO2. The van der Waals surface area contributed by atoms with Crippen molar-refractivity contribution < 1.29 is 9.47 Å². The number of aromatic amines is 1. The first-order valence-electron chi connectivity index (χ1n) is 8.63. The third-order valence-electron chi connectivity index (χ3n) is 5.14. The molecule has 2 aromatic heterocycles. The summed E-state index contributed by atoms with van der Waals surface area (Å²) in [5.74, 6) is 2.45. The van der Waals surface area contributed by atoms with Crippen LogP contribution in [0.5, 0.6) is 11.5 Å². The van der Waals surface area contributed by atoms with Crippen molar-refractivity contribution in [1.29, 1.82) is 0 Å². The van der Waals surface area contributed by atoms with Crippen molar-refractivity contribution in [2.45, 2.75) is 45.1 Å². The van der Waals surface area contributed by atoms with Crippen LogP contribution < -0.4 is 9.47 Å². The van der Waals surface area contributed by atoms with E-state index in [1.807, 2.05) is 18.3 Å². The van der Waals surface area contributed by atoms with Gasteiger partial charge in [-0.25, -0.2) is 9.67 Å². The van der Waals surface area contributed by atoms with Gasteiger partial charge in [0.15, 0.2) is 17.1 Å². The third-order valence-corrected chi connectivity index (χ3v) is 5.14. The van der Waals surface area contributed by atoms with Crippen molar-refractivity contribution in [2.75, 3.05) is 6.79 Å². The minimum Gasteiger partial charge on any atom is -0.454 e. The van der Waals surface area contributed by atoms with Crippen LogP contribution in [0.2, 0.25) is 0 Å². The topological polar surface area (TPSA) is 65.0 Å². The molecule has 0 unspecified atom stereocenters. The van der Waals surface area contributed by atoms with Gasteiger partial charge >= 0.3 is 0 Å². The van der Waals surface area contributed by atoms with E-state index in [1.54, 1.807) is 0 Å². The van der Waals surface area contributed by atoms with Gasteiger partial charge in [0.25, 0.3) is 0 Å². The van der Waals surface area contributed by atoms with Crippen LogP contribution in [-0.4, -0.2) is 26.5 Å². The second-order valence-electron chi connectivity index (χ2n) is 6.72. The highest BCUT2D eigenvalue weighted by Crippen LogP contribution is 2.38. The average molecular weight is 324 g/mol. The number of hydrogen-bond acceptors (Lipinski definition) is 4. The van der Waals surface area contributed by atoms with Gasteiger partial charge in [-0.3, -0.25) is 0 Å². The number of aryl methyl sites for hydroxylation is 1. The molecule has 0 saturated heterocycles. The lowest BCUT2D eigenvalue weighted by Gasteiger charge is -2.21. The zero-order chi connectivity index (χ0) is 16.1. The molecule has 0 spiro atoms. The summed E-state index contributed by atoms with van der Waals surface area (Å²) >= 11 is 0. The van der Waals surface area contributed by atoms with E-state index in [9.17, 15) is 0 Å². The molecule has 1 aliphatic heterocycles. The number of rotatable bonds is 2. The fourth-order valence-corrected chi connectivity index (χ4v) is 3.84. The number of imidazole rings is 1. The van der Waals surface area contributed by atoms with E-state index in [0.717, 1.165) is 39.6 Å². The Balaban J connectivity index is 1.57. The van der Waals surface area contributed by atoms with Gasteiger partial charge in [0.1, 0.15) is 11.3 Å². The van der Waals surface area contributed by atoms with Crippen molar-refractivity contribution in [3.05, 3.63) is 23.9 Å². The maximum atomic E-state index is 5.51. The van der Waals surface area contributed by atoms with Gasteiger partial charge in [-0.1, -0.05) is 19.3 Å². The van der Waals surface area contributed by atoms with Crippen LogP contribution in [0.3, 0.4) is 0 Å². The highest BCUT2D eigenvalue weighted by molar-refractivity contribution is 5.78. The van der Waals surface area contributed by atoms with Gasteiger partial charge in [0.05, 0.1) is 12.2 Å². The van der Waals surface area contributed by atoms with Gasteiger partial charge in [-0.05, 0) is 37.5 Å². The largest absolute Gasteiger partial charge is 0.454 e. The van der Waals surface area contributed by atoms with Crippen molar-refractivity contribution in [3.63, 3.8) is 0 Å². The predicted octanol–water partition coefficient (Wildman–Crippen LogP) is 3.97. The molecular formula is C18H20N4O2. The van der Waals surface area contributed by atoms with E-state index in [0.29, 0.717) is 6.04 Å². The molecule has 24 heavy (non-hydrogen) atoms. The van der Waals surface area contributed by atoms with Gasteiger partial charge < -0.3 is 14.5 Å². The molecule has 6 heteroatoms. The maximum absolute atomic E-state index is 5.51. The Labute approximate surface area is 139 Å². The summed E-state index contributed by atoms with van der Waals surface area (Å²) in [5, 5.41) is 4.57. The Morgan fingerprint density at radius 2 is 1.92 bits per heavy atom. The standard InChI is InChI=1S/C18H20N4O2/c1-11-7-15-16(24-10-23-15)8-13(11)17-20-14-9-19-22(18(14)21-17)12-5-3-2-4-6-12/h7-9,12H,2-6,10H2,1H3,(H,20,21). The molecule has 3 aromatic rings. The first-order valence-corrected chi connectivity index (χ1v) is 8.63. The quantitative estimate of drug-likeness (QED) is 0.774. The molecule has 0 atom stereocenters. The van der Waals surface area contributed by atoms with Gasteiger partial charge in [-0.15, -0.1) is 0 Å².